The standard InChI is InChI=1S/C13H12Cl3NO3S/c14-10-5-11(15)12(21(16,19)20)4-9(10)13(18)17-6-7-1-2-8(17)3-7/h4-5,7-8H,1-3,6H2. The molecule has 4 nitrogen and oxygen atoms in total. The summed E-state index contributed by atoms with van der Waals surface area (Å²) in [7, 11) is 1.31. The monoisotopic (exact) mass is 367 g/mol. The van der Waals surface area contributed by atoms with Gasteiger partial charge in [-0.05, 0) is 37.3 Å². The number of hydrogen-bond donors (Lipinski definition) is 0. The highest BCUT2D eigenvalue weighted by atomic mass is 35.7. The number of nitrogens with zero attached hydrogens (tertiary/aromatic N) is 1. The summed E-state index contributed by atoms with van der Waals surface area (Å²) in [6.07, 6.45) is 3.14. The summed E-state index contributed by atoms with van der Waals surface area (Å²) in [6, 6.07) is 2.65. The van der Waals surface area contributed by atoms with Gasteiger partial charge in [0, 0.05) is 23.3 Å². The molecule has 1 aliphatic carbocycles. The fourth-order valence-corrected chi connectivity index (χ4v) is 5.03. The number of hydrogen-bond acceptors (Lipinski definition) is 3. The van der Waals surface area contributed by atoms with E-state index in [1.54, 1.807) is 4.90 Å². The van der Waals surface area contributed by atoms with Crippen LogP contribution in [0, 0.1) is 5.92 Å². The van der Waals surface area contributed by atoms with Gasteiger partial charge in [-0.1, -0.05) is 23.2 Å². The Bertz CT molecular complexity index is 720. The fraction of sp³-hybridized carbons (Fsp3) is 0.462. The second kappa shape index (κ2) is 5.30. The molecule has 1 aliphatic heterocycles. The summed E-state index contributed by atoms with van der Waals surface area (Å²) in [5, 5.41) is 0.0475. The highest BCUT2D eigenvalue weighted by Gasteiger charge is 2.41. The van der Waals surface area contributed by atoms with E-state index in [1.807, 2.05) is 0 Å². The summed E-state index contributed by atoms with van der Waals surface area (Å²) >= 11 is 11.9. The van der Waals surface area contributed by atoms with Crippen molar-refractivity contribution in [3.8, 4) is 0 Å². The van der Waals surface area contributed by atoms with Gasteiger partial charge in [0.15, 0.2) is 0 Å². The normalized spacial score (nSPS) is 24.6. The van der Waals surface area contributed by atoms with E-state index in [2.05, 4.69) is 0 Å². The van der Waals surface area contributed by atoms with Crippen LogP contribution in [0.5, 0.6) is 0 Å². The Morgan fingerprint density at radius 3 is 2.43 bits per heavy atom. The highest BCUT2D eigenvalue weighted by Crippen LogP contribution is 2.39. The molecule has 1 aromatic carbocycles. The van der Waals surface area contributed by atoms with Gasteiger partial charge in [0.2, 0.25) is 0 Å². The molecule has 1 saturated carbocycles. The molecule has 2 atom stereocenters. The minimum absolute atomic E-state index is 0.0884. The third kappa shape index (κ3) is 2.77. The van der Waals surface area contributed by atoms with E-state index in [0.717, 1.165) is 19.3 Å². The Labute approximate surface area is 137 Å². The third-order valence-electron chi connectivity index (χ3n) is 4.18. The van der Waals surface area contributed by atoms with Crippen LogP contribution in [-0.4, -0.2) is 31.8 Å². The Balaban J connectivity index is 2.00. The van der Waals surface area contributed by atoms with E-state index >= 15 is 0 Å². The van der Waals surface area contributed by atoms with Crippen molar-refractivity contribution < 1.29 is 13.2 Å². The van der Waals surface area contributed by atoms with Crippen molar-refractivity contribution in [1.82, 2.24) is 4.90 Å². The number of carbonyl (C=O) groups is 1. The number of benzene rings is 1. The smallest absolute Gasteiger partial charge is 0.262 e. The van der Waals surface area contributed by atoms with Crippen molar-refractivity contribution in [1.29, 1.82) is 0 Å². The van der Waals surface area contributed by atoms with Crippen molar-refractivity contribution in [2.24, 2.45) is 5.92 Å². The van der Waals surface area contributed by atoms with Gasteiger partial charge in [-0.3, -0.25) is 4.79 Å². The van der Waals surface area contributed by atoms with Gasteiger partial charge in [-0.2, -0.15) is 0 Å². The fourth-order valence-electron chi connectivity index (χ4n) is 3.21. The van der Waals surface area contributed by atoms with Crippen LogP contribution in [0.3, 0.4) is 0 Å². The van der Waals surface area contributed by atoms with Gasteiger partial charge in [-0.25, -0.2) is 8.42 Å². The molecule has 2 fully saturated rings. The third-order valence-corrected chi connectivity index (χ3v) is 6.28. The molecule has 1 amide bonds. The first-order valence-electron chi connectivity index (χ1n) is 6.52. The SMILES string of the molecule is O=C(c1cc(S(=O)(=O)Cl)c(Cl)cc1Cl)N1CC2CCC1C2. The minimum Gasteiger partial charge on any atom is -0.335 e. The van der Waals surface area contributed by atoms with Crippen LogP contribution in [0.15, 0.2) is 17.0 Å². The van der Waals surface area contributed by atoms with E-state index in [9.17, 15) is 13.2 Å². The van der Waals surface area contributed by atoms with Crippen LogP contribution in [0.1, 0.15) is 29.6 Å². The first kappa shape index (κ1) is 15.4. The van der Waals surface area contributed by atoms with Gasteiger partial charge in [-0.15, -0.1) is 0 Å². The summed E-state index contributed by atoms with van der Waals surface area (Å²) in [5.74, 6) is 0.284. The lowest BCUT2D eigenvalue weighted by atomic mass is 10.1. The lowest BCUT2D eigenvalue weighted by molar-refractivity contribution is 0.0703. The lowest BCUT2D eigenvalue weighted by Crippen LogP contribution is -2.37. The van der Waals surface area contributed by atoms with Crippen LogP contribution in [-0.2, 0) is 9.05 Å². The molecule has 114 valence electrons. The summed E-state index contributed by atoms with van der Waals surface area (Å²) in [5.41, 5.74) is 0.132. The second-order valence-corrected chi connectivity index (χ2v) is 8.84. The molecular formula is C13H12Cl3NO3S. The molecule has 2 aliphatic rings. The first-order valence-corrected chi connectivity index (χ1v) is 9.58. The molecule has 1 aromatic rings. The number of likely N-dealkylation sites (tertiary alicyclic amines) is 1. The molecule has 21 heavy (non-hydrogen) atoms. The Hall–Kier alpha value is -0.490. The molecule has 2 bridgehead atoms. The Morgan fingerprint density at radius 2 is 1.90 bits per heavy atom. The van der Waals surface area contributed by atoms with E-state index < -0.39 is 9.05 Å². The van der Waals surface area contributed by atoms with Crippen LogP contribution in [0.2, 0.25) is 10.0 Å². The predicted molar refractivity (Wildman–Crippen MR) is 81.7 cm³/mol. The highest BCUT2D eigenvalue weighted by molar-refractivity contribution is 8.13. The van der Waals surface area contributed by atoms with E-state index in [1.165, 1.54) is 12.1 Å². The maximum absolute atomic E-state index is 12.6. The predicted octanol–water partition coefficient (Wildman–Crippen LogP) is 3.55. The van der Waals surface area contributed by atoms with Crippen molar-refractivity contribution >= 4 is 48.8 Å². The van der Waals surface area contributed by atoms with Crippen molar-refractivity contribution in [3.63, 3.8) is 0 Å². The Kier molecular flexibility index (Phi) is 3.89. The molecule has 0 N–H and O–H groups in total. The second-order valence-electron chi connectivity index (χ2n) is 5.49. The lowest BCUT2D eigenvalue weighted by Gasteiger charge is -2.27. The molecule has 0 aromatic heterocycles. The van der Waals surface area contributed by atoms with Gasteiger partial charge < -0.3 is 4.90 Å². The number of fused-ring (bicyclic) bond motifs is 2. The van der Waals surface area contributed by atoms with Crippen LogP contribution < -0.4 is 0 Å². The largest absolute Gasteiger partial charge is 0.335 e. The first-order chi connectivity index (χ1) is 9.77. The molecule has 0 radical (unpaired) electrons. The molecular weight excluding hydrogens is 357 g/mol. The quantitative estimate of drug-likeness (QED) is 0.750. The van der Waals surface area contributed by atoms with E-state index in [-0.39, 0.29) is 32.5 Å². The zero-order valence-electron chi connectivity index (χ0n) is 10.9. The van der Waals surface area contributed by atoms with Crippen LogP contribution >= 0.6 is 33.9 Å². The number of carbonyl (C=O) groups excluding carboxylic acids is 1. The zero-order chi connectivity index (χ0) is 15.4. The van der Waals surface area contributed by atoms with Crippen LogP contribution in [0.25, 0.3) is 0 Å². The number of halogens is 3. The van der Waals surface area contributed by atoms with Gasteiger partial charge >= 0.3 is 0 Å². The van der Waals surface area contributed by atoms with Crippen LogP contribution in [0.4, 0.5) is 0 Å². The molecule has 8 heteroatoms. The summed E-state index contributed by atoms with van der Waals surface area (Å²) in [4.78, 5) is 14.1. The molecule has 0 spiro atoms. The number of piperidine rings is 1. The van der Waals surface area contributed by atoms with E-state index in [0.29, 0.717) is 12.5 Å². The maximum atomic E-state index is 12.6. The minimum atomic E-state index is -4.03. The Morgan fingerprint density at radius 1 is 1.19 bits per heavy atom. The number of rotatable bonds is 2. The van der Waals surface area contributed by atoms with Gasteiger partial charge in [0.05, 0.1) is 15.6 Å². The van der Waals surface area contributed by atoms with Gasteiger partial charge in [0.25, 0.3) is 15.0 Å². The molecule has 2 unspecified atom stereocenters. The average Bonchev–Trinajstić information content (AvgIpc) is 2.98. The number of amides is 1. The van der Waals surface area contributed by atoms with E-state index in [4.69, 9.17) is 33.9 Å². The van der Waals surface area contributed by atoms with Crippen molar-refractivity contribution in [2.45, 2.75) is 30.2 Å². The molecule has 1 heterocycles. The summed E-state index contributed by atoms with van der Waals surface area (Å²) < 4.78 is 23.0. The topological polar surface area (TPSA) is 54.5 Å². The molecule has 1 saturated heterocycles. The zero-order valence-corrected chi connectivity index (χ0v) is 13.9. The molecule has 3 rings (SSSR count). The van der Waals surface area contributed by atoms with Crippen molar-refractivity contribution in [2.75, 3.05) is 6.54 Å². The summed E-state index contributed by atoms with van der Waals surface area (Å²) in [6.45, 7) is 0.700. The van der Waals surface area contributed by atoms with Crippen molar-refractivity contribution in [3.05, 3.63) is 27.7 Å². The maximum Gasteiger partial charge on any atom is 0.262 e. The average molecular weight is 369 g/mol. The van der Waals surface area contributed by atoms with Gasteiger partial charge in [0.1, 0.15) is 4.90 Å².